The number of cyclic esters (lactones) is 1. The van der Waals surface area contributed by atoms with Crippen LogP contribution in [0.25, 0.3) is 0 Å². The maximum Gasteiger partial charge on any atom is 0.417 e. The molecule has 0 unspecified atom stereocenters. The molecule has 0 saturated carbocycles. The Hall–Kier alpha value is -2.82. The molecule has 112 valence electrons. The second kappa shape index (κ2) is 6.30. The van der Waals surface area contributed by atoms with E-state index in [9.17, 15) is 9.59 Å². The van der Waals surface area contributed by atoms with Gasteiger partial charge in [0.05, 0.1) is 13.0 Å². The van der Waals surface area contributed by atoms with Gasteiger partial charge >= 0.3 is 12.1 Å². The Kier molecular flexibility index (Phi) is 4.05. The lowest BCUT2D eigenvalue weighted by molar-refractivity contribution is -0.137. The van der Waals surface area contributed by atoms with Gasteiger partial charge in [-0.05, 0) is 18.2 Å². The van der Waals surface area contributed by atoms with Crippen LogP contribution in [0.2, 0.25) is 0 Å². The number of amides is 1. The normalized spacial score (nSPS) is 16.9. The van der Waals surface area contributed by atoms with Crippen LogP contribution in [0.15, 0.2) is 54.6 Å². The van der Waals surface area contributed by atoms with Crippen LogP contribution in [0, 0.1) is 0 Å². The van der Waals surface area contributed by atoms with E-state index in [0.717, 1.165) is 5.56 Å². The molecule has 0 aromatic heterocycles. The quantitative estimate of drug-likeness (QED) is 0.883. The lowest BCUT2D eigenvalue weighted by Crippen LogP contribution is -2.18. The van der Waals surface area contributed by atoms with Crippen molar-refractivity contribution in [1.82, 2.24) is 0 Å². The molecule has 2 aromatic rings. The molecule has 1 fully saturated rings. The predicted octanol–water partition coefficient (Wildman–Crippen LogP) is 3.33. The third-order valence-corrected chi connectivity index (χ3v) is 3.44. The van der Waals surface area contributed by atoms with E-state index in [1.807, 2.05) is 30.3 Å². The largest absolute Gasteiger partial charge is 0.465 e. The number of carbonyl (C=O) groups excluding carboxylic acids is 2. The predicted molar refractivity (Wildman–Crippen MR) is 80.8 cm³/mol. The molecule has 22 heavy (non-hydrogen) atoms. The number of hydrogen-bond donors (Lipinski definition) is 1. The van der Waals surface area contributed by atoms with Crippen molar-refractivity contribution in [2.75, 3.05) is 11.9 Å². The van der Waals surface area contributed by atoms with E-state index in [2.05, 4.69) is 5.32 Å². The molecule has 1 saturated heterocycles. The van der Waals surface area contributed by atoms with Gasteiger partial charge in [-0.3, -0.25) is 10.1 Å². The fraction of sp³-hybridized carbons (Fsp3) is 0.176. The summed E-state index contributed by atoms with van der Waals surface area (Å²) in [4.78, 5) is 23.2. The summed E-state index contributed by atoms with van der Waals surface area (Å²) < 4.78 is 10.4. The highest BCUT2D eigenvalue weighted by Crippen LogP contribution is 2.33. The van der Waals surface area contributed by atoms with E-state index in [-0.39, 0.29) is 11.9 Å². The monoisotopic (exact) mass is 297 g/mol. The van der Waals surface area contributed by atoms with Crippen molar-refractivity contribution >= 4 is 17.7 Å². The van der Waals surface area contributed by atoms with Crippen LogP contribution < -0.4 is 10.1 Å². The molecular weight excluding hydrogens is 282 g/mol. The highest BCUT2D eigenvalue weighted by molar-refractivity contribution is 5.86. The molecule has 1 aliphatic heterocycles. The third kappa shape index (κ3) is 3.25. The average molecular weight is 297 g/mol. The van der Waals surface area contributed by atoms with Gasteiger partial charge in [-0.15, -0.1) is 0 Å². The number of benzene rings is 2. The van der Waals surface area contributed by atoms with Gasteiger partial charge in [0.25, 0.3) is 0 Å². The molecule has 1 amide bonds. The number of rotatable bonds is 3. The van der Waals surface area contributed by atoms with Crippen molar-refractivity contribution in [3.8, 4) is 5.75 Å². The fourth-order valence-electron chi connectivity index (χ4n) is 2.39. The van der Waals surface area contributed by atoms with Crippen molar-refractivity contribution in [1.29, 1.82) is 0 Å². The van der Waals surface area contributed by atoms with Crippen molar-refractivity contribution in [3.05, 3.63) is 60.2 Å². The lowest BCUT2D eigenvalue weighted by atomic mass is 9.97. The molecule has 0 aliphatic carbocycles. The average Bonchev–Trinajstić information content (AvgIpc) is 2.95. The van der Waals surface area contributed by atoms with Gasteiger partial charge in [0, 0.05) is 17.2 Å². The summed E-state index contributed by atoms with van der Waals surface area (Å²) in [5.74, 6) is 0.140. The first-order chi connectivity index (χ1) is 10.7. The summed E-state index contributed by atoms with van der Waals surface area (Å²) in [6, 6.07) is 16.2. The first-order valence-corrected chi connectivity index (χ1v) is 7.01. The Morgan fingerprint density at radius 3 is 2.55 bits per heavy atom. The molecule has 3 rings (SSSR count). The maximum atomic E-state index is 12.0. The molecule has 2 aromatic carbocycles. The molecule has 1 heterocycles. The number of para-hydroxylation sites is 2. The minimum Gasteiger partial charge on any atom is -0.465 e. The first-order valence-electron chi connectivity index (χ1n) is 7.01. The summed E-state index contributed by atoms with van der Waals surface area (Å²) in [5, 5.41) is 2.66. The van der Waals surface area contributed by atoms with Crippen LogP contribution in [0.1, 0.15) is 17.9 Å². The third-order valence-electron chi connectivity index (χ3n) is 3.44. The van der Waals surface area contributed by atoms with E-state index < -0.39 is 6.09 Å². The summed E-state index contributed by atoms with van der Waals surface area (Å²) in [6.07, 6.45) is -0.260. The van der Waals surface area contributed by atoms with Gasteiger partial charge in [0.2, 0.25) is 0 Å². The van der Waals surface area contributed by atoms with Crippen LogP contribution in [0.3, 0.4) is 0 Å². The molecule has 1 aliphatic rings. The number of carbonyl (C=O) groups is 2. The second-order valence-corrected chi connectivity index (χ2v) is 5.00. The van der Waals surface area contributed by atoms with E-state index in [0.29, 0.717) is 24.5 Å². The van der Waals surface area contributed by atoms with E-state index in [4.69, 9.17) is 9.47 Å². The fourth-order valence-corrected chi connectivity index (χ4v) is 2.39. The van der Waals surface area contributed by atoms with E-state index in [1.165, 1.54) is 0 Å². The lowest BCUT2D eigenvalue weighted by Gasteiger charge is -2.13. The summed E-state index contributed by atoms with van der Waals surface area (Å²) >= 11 is 0. The number of hydrogen-bond acceptors (Lipinski definition) is 4. The number of ether oxygens (including phenoxy) is 2. The number of esters is 1. The second-order valence-electron chi connectivity index (χ2n) is 5.00. The van der Waals surface area contributed by atoms with Gasteiger partial charge in [-0.25, -0.2) is 4.79 Å². The zero-order valence-electron chi connectivity index (χ0n) is 11.8. The molecule has 0 spiro atoms. The Labute approximate surface area is 127 Å². The van der Waals surface area contributed by atoms with Gasteiger partial charge in [0.15, 0.2) is 0 Å². The molecular formula is C17H15NO4. The van der Waals surface area contributed by atoms with Crippen LogP contribution >= 0.6 is 0 Å². The summed E-state index contributed by atoms with van der Waals surface area (Å²) in [6.45, 7) is 0.319. The molecule has 1 N–H and O–H groups in total. The van der Waals surface area contributed by atoms with Gasteiger partial charge in [-0.1, -0.05) is 36.4 Å². The topological polar surface area (TPSA) is 64.6 Å². The number of nitrogens with one attached hydrogen (secondary N) is 1. The first kappa shape index (κ1) is 14.1. The van der Waals surface area contributed by atoms with Crippen LogP contribution in [0.4, 0.5) is 10.5 Å². The van der Waals surface area contributed by atoms with Gasteiger partial charge in [0.1, 0.15) is 5.75 Å². The zero-order chi connectivity index (χ0) is 15.4. The number of anilines is 1. The molecule has 5 nitrogen and oxygen atoms in total. The van der Waals surface area contributed by atoms with Crippen molar-refractivity contribution in [3.63, 3.8) is 0 Å². The standard InChI is InChI=1S/C17H15NO4/c19-16-10-12(11-21-16)14-8-4-5-9-15(14)22-17(20)18-13-6-2-1-3-7-13/h1-9,12H,10-11H2,(H,18,20)/t12-/m0/s1. The smallest absolute Gasteiger partial charge is 0.417 e. The van der Waals surface area contributed by atoms with E-state index in [1.54, 1.807) is 24.3 Å². The van der Waals surface area contributed by atoms with Gasteiger partial charge in [-0.2, -0.15) is 0 Å². The molecule has 1 atom stereocenters. The maximum absolute atomic E-state index is 12.0. The van der Waals surface area contributed by atoms with Crippen molar-refractivity contribution in [2.45, 2.75) is 12.3 Å². The molecule has 0 radical (unpaired) electrons. The van der Waals surface area contributed by atoms with E-state index >= 15 is 0 Å². The molecule has 0 bridgehead atoms. The van der Waals surface area contributed by atoms with Crippen LogP contribution in [-0.2, 0) is 9.53 Å². The Morgan fingerprint density at radius 1 is 1.09 bits per heavy atom. The molecule has 5 heteroatoms. The SMILES string of the molecule is O=C1C[C@H](c2ccccc2OC(=O)Nc2ccccc2)CO1. The minimum atomic E-state index is -0.566. The van der Waals surface area contributed by atoms with Crippen LogP contribution in [-0.4, -0.2) is 18.7 Å². The minimum absolute atomic E-state index is 0.0757. The Balaban J connectivity index is 1.72. The highest BCUT2D eigenvalue weighted by Gasteiger charge is 2.28. The highest BCUT2D eigenvalue weighted by atomic mass is 16.6. The van der Waals surface area contributed by atoms with Gasteiger partial charge < -0.3 is 9.47 Å². The van der Waals surface area contributed by atoms with Crippen LogP contribution in [0.5, 0.6) is 5.75 Å². The summed E-state index contributed by atoms with van der Waals surface area (Å²) in [7, 11) is 0. The Morgan fingerprint density at radius 2 is 1.82 bits per heavy atom. The van der Waals surface area contributed by atoms with Crippen molar-refractivity contribution in [2.24, 2.45) is 0 Å². The van der Waals surface area contributed by atoms with Crippen molar-refractivity contribution < 1.29 is 19.1 Å². The Bertz CT molecular complexity index is 684. The summed E-state index contributed by atoms with van der Waals surface area (Å²) in [5.41, 5.74) is 1.46. The zero-order valence-corrected chi connectivity index (χ0v) is 11.8.